The van der Waals surface area contributed by atoms with Gasteiger partial charge in [0.1, 0.15) is 0 Å². The Morgan fingerprint density at radius 3 is 2.76 bits per heavy atom. The molecule has 21 heavy (non-hydrogen) atoms. The molecule has 1 aliphatic heterocycles. The van der Waals surface area contributed by atoms with E-state index in [-0.39, 0.29) is 23.7 Å². The Kier molecular flexibility index (Phi) is 4.57. The summed E-state index contributed by atoms with van der Waals surface area (Å²) in [6.45, 7) is 4.18. The maximum atomic E-state index is 12.8. The summed E-state index contributed by atoms with van der Waals surface area (Å²) in [5, 5.41) is 10.9. The van der Waals surface area contributed by atoms with E-state index in [4.69, 9.17) is 5.73 Å². The molecule has 2 unspecified atom stereocenters. The molecule has 1 saturated heterocycles. The maximum absolute atomic E-state index is 12.8. The van der Waals surface area contributed by atoms with Gasteiger partial charge in [0.25, 0.3) is 11.6 Å². The van der Waals surface area contributed by atoms with E-state index in [0.717, 1.165) is 19.3 Å². The molecule has 6 nitrogen and oxygen atoms in total. The Labute approximate surface area is 124 Å². The van der Waals surface area contributed by atoms with Crippen LogP contribution in [-0.2, 0) is 0 Å². The Morgan fingerprint density at radius 2 is 2.14 bits per heavy atom. The first-order valence-electron chi connectivity index (χ1n) is 7.23. The highest BCUT2D eigenvalue weighted by atomic mass is 16.6. The number of likely N-dealkylation sites (tertiary alicyclic amines) is 1. The fourth-order valence-electron chi connectivity index (χ4n) is 3.03. The van der Waals surface area contributed by atoms with Crippen molar-refractivity contribution in [2.24, 2.45) is 5.73 Å². The van der Waals surface area contributed by atoms with Gasteiger partial charge >= 0.3 is 0 Å². The molecule has 0 aromatic heterocycles. The molecule has 2 N–H and O–H groups in total. The van der Waals surface area contributed by atoms with E-state index >= 15 is 0 Å². The number of non-ortho nitro benzene ring substituents is 1. The lowest BCUT2D eigenvalue weighted by atomic mass is 9.95. The predicted octanol–water partition coefficient (Wildman–Crippen LogP) is 2.25. The van der Waals surface area contributed by atoms with E-state index in [1.54, 1.807) is 17.9 Å². The number of amides is 1. The summed E-state index contributed by atoms with van der Waals surface area (Å²) in [5.41, 5.74) is 6.81. The number of hydrogen-bond donors (Lipinski definition) is 1. The third kappa shape index (κ3) is 3.21. The summed E-state index contributed by atoms with van der Waals surface area (Å²) in [5.74, 6) is -0.163. The minimum absolute atomic E-state index is 0.0146. The van der Waals surface area contributed by atoms with Crippen LogP contribution in [0.4, 0.5) is 5.69 Å². The number of hydrogen-bond acceptors (Lipinski definition) is 4. The van der Waals surface area contributed by atoms with Gasteiger partial charge in [-0.2, -0.15) is 0 Å². The van der Waals surface area contributed by atoms with Crippen molar-refractivity contribution in [1.82, 2.24) is 4.90 Å². The Morgan fingerprint density at radius 1 is 1.43 bits per heavy atom. The van der Waals surface area contributed by atoms with Crippen molar-refractivity contribution in [2.45, 2.75) is 45.2 Å². The highest BCUT2D eigenvalue weighted by Crippen LogP contribution is 2.26. The lowest BCUT2D eigenvalue weighted by molar-refractivity contribution is -0.384. The van der Waals surface area contributed by atoms with Crippen molar-refractivity contribution in [1.29, 1.82) is 0 Å². The molecule has 1 heterocycles. The van der Waals surface area contributed by atoms with Crippen LogP contribution in [-0.4, -0.2) is 34.4 Å². The second-order valence-corrected chi connectivity index (χ2v) is 5.70. The van der Waals surface area contributed by atoms with Crippen LogP contribution < -0.4 is 5.73 Å². The van der Waals surface area contributed by atoms with Crippen LogP contribution in [0, 0.1) is 17.0 Å². The number of benzene rings is 1. The number of carbonyl (C=O) groups excluding carboxylic acids is 1. The summed E-state index contributed by atoms with van der Waals surface area (Å²) >= 11 is 0. The number of carbonyl (C=O) groups is 1. The number of rotatable bonds is 3. The summed E-state index contributed by atoms with van der Waals surface area (Å²) in [6, 6.07) is 4.64. The first kappa shape index (κ1) is 15.4. The summed E-state index contributed by atoms with van der Waals surface area (Å²) in [7, 11) is 0. The molecule has 0 aliphatic carbocycles. The standard InChI is InChI=1S/C15H21N3O3/c1-10-6-12(8-14(7-10)18(20)21)15(19)17-11(2)4-3-5-13(17)9-16/h6-8,11,13H,3-5,9,16H2,1-2H3. The van der Waals surface area contributed by atoms with E-state index in [2.05, 4.69) is 0 Å². The molecular formula is C15H21N3O3. The van der Waals surface area contributed by atoms with Crippen LogP contribution >= 0.6 is 0 Å². The van der Waals surface area contributed by atoms with Crippen LogP contribution in [0.2, 0.25) is 0 Å². The topological polar surface area (TPSA) is 89.5 Å². The SMILES string of the molecule is Cc1cc(C(=O)N2C(C)CCCC2CN)cc([N+](=O)[O-])c1. The van der Waals surface area contributed by atoms with Gasteiger partial charge < -0.3 is 10.6 Å². The fourth-order valence-corrected chi connectivity index (χ4v) is 3.03. The average Bonchev–Trinajstić information content (AvgIpc) is 2.45. The zero-order valence-corrected chi connectivity index (χ0v) is 12.4. The summed E-state index contributed by atoms with van der Waals surface area (Å²) < 4.78 is 0. The molecule has 1 aromatic rings. The second kappa shape index (κ2) is 6.22. The molecule has 1 amide bonds. The van der Waals surface area contributed by atoms with E-state index in [9.17, 15) is 14.9 Å². The first-order chi connectivity index (χ1) is 9.93. The molecule has 0 radical (unpaired) electrons. The van der Waals surface area contributed by atoms with Crippen molar-refractivity contribution in [3.8, 4) is 0 Å². The summed E-state index contributed by atoms with van der Waals surface area (Å²) in [6.07, 6.45) is 2.89. The van der Waals surface area contributed by atoms with Gasteiger partial charge in [-0.25, -0.2) is 0 Å². The molecule has 1 aromatic carbocycles. The Balaban J connectivity index is 2.36. The molecule has 2 atom stereocenters. The van der Waals surface area contributed by atoms with Gasteiger partial charge in [-0.15, -0.1) is 0 Å². The van der Waals surface area contributed by atoms with E-state index in [1.807, 2.05) is 6.92 Å². The zero-order valence-electron chi connectivity index (χ0n) is 12.4. The number of aryl methyl sites for hydroxylation is 1. The second-order valence-electron chi connectivity index (χ2n) is 5.70. The van der Waals surface area contributed by atoms with E-state index in [0.29, 0.717) is 17.7 Å². The Hall–Kier alpha value is -1.95. The molecular weight excluding hydrogens is 270 g/mol. The van der Waals surface area contributed by atoms with Gasteiger partial charge in [0.05, 0.1) is 4.92 Å². The highest BCUT2D eigenvalue weighted by Gasteiger charge is 2.32. The molecule has 2 rings (SSSR count). The molecule has 0 spiro atoms. The molecule has 6 heteroatoms. The fraction of sp³-hybridized carbons (Fsp3) is 0.533. The van der Waals surface area contributed by atoms with Crippen molar-refractivity contribution >= 4 is 11.6 Å². The lowest BCUT2D eigenvalue weighted by Gasteiger charge is -2.40. The largest absolute Gasteiger partial charge is 0.332 e. The monoisotopic (exact) mass is 291 g/mol. The van der Waals surface area contributed by atoms with Crippen LogP contribution in [0.1, 0.15) is 42.1 Å². The smallest absolute Gasteiger partial charge is 0.270 e. The van der Waals surface area contributed by atoms with Crippen molar-refractivity contribution in [3.05, 3.63) is 39.4 Å². The minimum Gasteiger partial charge on any atom is -0.332 e. The van der Waals surface area contributed by atoms with Crippen LogP contribution in [0.3, 0.4) is 0 Å². The quantitative estimate of drug-likeness (QED) is 0.683. The van der Waals surface area contributed by atoms with Crippen LogP contribution in [0.5, 0.6) is 0 Å². The van der Waals surface area contributed by atoms with Gasteiger partial charge in [0.2, 0.25) is 0 Å². The predicted molar refractivity (Wildman–Crippen MR) is 80.2 cm³/mol. The Bertz CT molecular complexity index is 559. The number of nitro groups is 1. The molecule has 1 fully saturated rings. The van der Waals surface area contributed by atoms with Crippen molar-refractivity contribution in [2.75, 3.05) is 6.54 Å². The van der Waals surface area contributed by atoms with Gasteiger partial charge in [-0.05, 0) is 44.7 Å². The van der Waals surface area contributed by atoms with E-state index in [1.165, 1.54) is 12.1 Å². The van der Waals surface area contributed by atoms with Gasteiger partial charge in [0.15, 0.2) is 0 Å². The normalized spacial score (nSPS) is 22.1. The van der Waals surface area contributed by atoms with Gasteiger partial charge in [-0.3, -0.25) is 14.9 Å². The van der Waals surface area contributed by atoms with E-state index < -0.39 is 4.92 Å². The average molecular weight is 291 g/mol. The summed E-state index contributed by atoms with van der Waals surface area (Å²) in [4.78, 5) is 25.0. The number of nitrogens with two attached hydrogens (primary N) is 1. The number of nitrogens with zero attached hydrogens (tertiary/aromatic N) is 2. The van der Waals surface area contributed by atoms with Crippen LogP contribution in [0.25, 0.3) is 0 Å². The molecule has 0 saturated carbocycles. The first-order valence-corrected chi connectivity index (χ1v) is 7.23. The maximum Gasteiger partial charge on any atom is 0.270 e. The highest BCUT2D eigenvalue weighted by molar-refractivity contribution is 5.95. The van der Waals surface area contributed by atoms with Gasteiger partial charge in [0, 0.05) is 36.3 Å². The zero-order chi connectivity index (χ0) is 15.6. The van der Waals surface area contributed by atoms with Gasteiger partial charge in [-0.1, -0.05) is 0 Å². The number of piperidine rings is 1. The third-order valence-electron chi connectivity index (χ3n) is 4.05. The van der Waals surface area contributed by atoms with Crippen molar-refractivity contribution < 1.29 is 9.72 Å². The molecule has 0 bridgehead atoms. The third-order valence-corrected chi connectivity index (χ3v) is 4.05. The molecule has 114 valence electrons. The van der Waals surface area contributed by atoms with Crippen LogP contribution in [0.15, 0.2) is 18.2 Å². The lowest BCUT2D eigenvalue weighted by Crippen LogP contribution is -2.51. The van der Waals surface area contributed by atoms with Crippen molar-refractivity contribution in [3.63, 3.8) is 0 Å². The minimum atomic E-state index is -0.468. The molecule has 1 aliphatic rings. The number of nitro benzene ring substituents is 1.